The lowest BCUT2D eigenvalue weighted by Gasteiger charge is -2.12. The Hall–Kier alpha value is -2.97. The van der Waals surface area contributed by atoms with Gasteiger partial charge in [-0.1, -0.05) is 41.9 Å². The maximum atomic E-state index is 12.9. The van der Waals surface area contributed by atoms with Crippen molar-refractivity contribution in [2.24, 2.45) is 5.92 Å². The van der Waals surface area contributed by atoms with Gasteiger partial charge >= 0.3 is 0 Å². The number of nitrogens with zero attached hydrogens (tertiary/aromatic N) is 1. The number of hydrazine groups is 1. The van der Waals surface area contributed by atoms with Crippen molar-refractivity contribution >= 4 is 44.2 Å². The van der Waals surface area contributed by atoms with E-state index in [0.717, 1.165) is 5.56 Å². The molecule has 1 unspecified atom stereocenters. The van der Waals surface area contributed by atoms with Crippen molar-refractivity contribution in [1.82, 2.24) is 15.8 Å². The van der Waals surface area contributed by atoms with Crippen LogP contribution in [0.4, 0.5) is 0 Å². The third-order valence-corrected chi connectivity index (χ3v) is 7.31. The minimum Gasteiger partial charge on any atom is -0.273 e. The zero-order valence-corrected chi connectivity index (χ0v) is 18.0. The smallest absolute Gasteiger partial charge is 0.270 e. The van der Waals surface area contributed by atoms with Gasteiger partial charge < -0.3 is 0 Å². The molecule has 2 aromatic carbocycles. The van der Waals surface area contributed by atoms with E-state index >= 15 is 0 Å². The highest BCUT2D eigenvalue weighted by molar-refractivity contribution is 7.91. The van der Waals surface area contributed by atoms with Crippen LogP contribution in [0, 0.1) is 5.92 Å². The predicted molar refractivity (Wildman–Crippen MR) is 119 cm³/mol. The van der Waals surface area contributed by atoms with Crippen molar-refractivity contribution < 1.29 is 18.0 Å². The van der Waals surface area contributed by atoms with E-state index in [0.29, 0.717) is 33.6 Å². The largest absolute Gasteiger partial charge is 0.273 e. The van der Waals surface area contributed by atoms with Gasteiger partial charge in [-0.05, 0) is 36.6 Å². The van der Waals surface area contributed by atoms with Crippen LogP contribution in [0.2, 0.25) is 5.02 Å². The fraction of sp³-hybridized carbons (Fsp3) is 0.227. The van der Waals surface area contributed by atoms with Crippen LogP contribution in [0.3, 0.4) is 0 Å². The van der Waals surface area contributed by atoms with Gasteiger partial charge in [0, 0.05) is 22.4 Å². The Morgan fingerprint density at radius 3 is 2.52 bits per heavy atom. The third-order valence-electron chi connectivity index (χ3n) is 5.22. The van der Waals surface area contributed by atoms with Crippen molar-refractivity contribution in [3.63, 3.8) is 0 Å². The number of carbonyl (C=O) groups is 2. The van der Waals surface area contributed by atoms with Crippen LogP contribution in [0.1, 0.15) is 23.2 Å². The number of sulfone groups is 1. The standard InChI is InChI=1S/C22H20ClN3O4S/c23-16-7-5-15(6-8-16)20-12-18(17-3-1-2-4-19(17)24-20)22(28)26-25-21(27)11-14-9-10-31(29,30)13-14/h1-8,12,14H,9-11,13H2,(H,25,27)(H,26,28). The summed E-state index contributed by atoms with van der Waals surface area (Å²) in [7, 11) is -3.06. The molecule has 1 saturated heterocycles. The number of halogens is 1. The van der Waals surface area contributed by atoms with Crippen molar-refractivity contribution in [1.29, 1.82) is 0 Å². The van der Waals surface area contributed by atoms with Crippen LogP contribution in [-0.4, -0.2) is 36.7 Å². The van der Waals surface area contributed by atoms with Gasteiger partial charge in [-0.25, -0.2) is 13.4 Å². The molecule has 2 heterocycles. The number of fused-ring (bicyclic) bond motifs is 1. The highest BCUT2D eigenvalue weighted by Crippen LogP contribution is 2.26. The first kappa shape index (κ1) is 21.3. The molecule has 1 aliphatic heterocycles. The summed E-state index contributed by atoms with van der Waals surface area (Å²) in [5, 5.41) is 1.24. The zero-order valence-electron chi connectivity index (χ0n) is 16.5. The molecule has 7 nitrogen and oxygen atoms in total. The number of hydrogen-bond donors (Lipinski definition) is 2. The van der Waals surface area contributed by atoms with Crippen LogP contribution in [-0.2, 0) is 14.6 Å². The normalized spacial score (nSPS) is 17.4. The molecule has 4 rings (SSSR count). The highest BCUT2D eigenvalue weighted by Gasteiger charge is 2.29. The molecule has 0 radical (unpaired) electrons. The summed E-state index contributed by atoms with van der Waals surface area (Å²) in [5.74, 6) is -1.02. The Bertz CT molecular complexity index is 1260. The molecule has 160 valence electrons. The molecule has 31 heavy (non-hydrogen) atoms. The van der Waals surface area contributed by atoms with Crippen molar-refractivity contribution in [3.8, 4) is 11.3 Å². The van der Waals surface area contributed by atoms with E-state index in [9.17, 15) is 18.0 Å². The molecule has 1 aliphatic rings. The zero-order chi connectivity index (χ0) is 22.0. The summed E-state index contributed by atoms with van der Waals surface area (Å²) in [6.07, 6.45) is 0.510. The quantitative estimate of drug-likeness (QED) is 0.585. The lowest BCUT2D eigenvalue weighted by molar-refractivity contribution is -0.122. The molecule has 2 N–H and O–H groups in total. The molecule has 1 atom stereocenters. The summed E-state index contributed by atoms with van der Waals surface area (Å²) in [6, 6.07) is 16.0. The Balaban J connectivity index is 1.53. The number of nitrogens with one attached hydrogen (secondary N) is 2. The molecule has 0 bridgehead atoms. The molecule has 9 heteroatoms. The number of para-hydroxylation sites is 1. The van der Waals surface area contributed by atoms with Crippen LogP contribution in [0.25, 0.3) is 22.2 Å². The number of aromatic nitrogens is 1. The first-order chi connectivity index (χ1) is 14.8. The summed E-state index contributed by atoms with van der Waals surface area (Å²) in [4.78, 5) is 29.7. The molecular weight excluding hydrogens is 438 g/mol. The van der Waals surface area contributed by atoms with Crippen LogP contribution in [0.15, 0.2) is 54.6 Å². The van der Waals surface area contributed by atoms with Crippen molar-refractivity contribution in [2.75, 3.05) is 11.5 Å². The monoisotopic (exact) mass is 457 g/mol. The van der Waals surface area contributed by atoms with Crippen molar-refractivity contribution in [3.05, 3.63) is 65.2 Å². The van der Waals surface area contributed by atoms with Gasteiger partial charge in [0.25, 0.3) is 5.91 Å². The summed E-state index contributed by atoms with van der Waals surface area (Å²) >= 11 is 5.97. The van der Waals surface area contributed by atoms with Gasteiger partial charge in [-0.2, -0.15) is 0 Å². The maximum absolute atomic E-state index is 12.9. The van der Waals surface area contributed by atoms with E-state index in [1.807, 2.05) is 30.3 Å². The van der Waals surface area contributed by atoms with E-state index in [2.05, 4.69) is 15.8 Å². The van der Waals surface area contributed by atoms with Gasteiger partial charge in [0.1, 0.15) is 0 Å². The van der Waals surface area contributed by atoms with E-state index in [1.165, 1.54) is 0 Å². The Labute approximate surface area is 184 Å². The molecular formula is C22H20ClN3O4S. The number of benzene rings is 2. The average Bonchev–Trinajstić information content (AvgIpc) is 3.09. The predicted octanol–water partition coefficient (Wildman–Crippen LogP) is 3.14. The van der Waals surface area contributed by atoms with Crippen LogP contribution < -0.4 is 10.9 Å². The molecule has 0 saturated carbocycles. The number of rotatable bonds is 4. The second-order valence-corrected chi connectivity index (χ2v) is 10.2. The highest BCUT2D eigenvalue weighted by atomic mass is 35.5. The Morgan fingerprint density at radius 2 is 1.81 bits per heavy atom. The summed E-state index contributed by atoms with van der Waals surface area (Å²) in [5.41, 5.74) is 7.24. The van der Waals surface area contributed by atoms with Crippen molar-refractivity contribution in [2.45, 2.75) is 12.8 Å². The van der Waals surface area contributed by atoms with Gasteiger partial charge in [0.05, 0.1) is 28.3 Å². The van der Waals surface area contributed by atoms with Gasteiger partial charge in [-0.15, -0.1) is 0 Å². The lowest BCUT2D eigenvalue weighted by atomic mass is 10.0. The number of hydrogen-bond acceptors (Lipinski definition) is 5. The fourth-order valence-corrected chi connectivity index (χ4v) is 5.66. The molecule has 2 amide bonds. The van der Waals surface area contributed by atoms with Gasteiger partial charge in [0.2, 0.25) is 5.91 Å². The number of pyridine rings is 1. The van der Waals surface area contributed by atoms with Crippen LogP contribution in [0.5, 0.6) is 0 Å². The maximum Gasteiger partial charge on any atom is 0.270 e. The fourth-order valence-electron chi connectivity index (χ4n) is 3.67. The van der Waals surface area contributed by atoms with E-state index < -0.39 is 21.7 Å². The number of amides is 2. The molecule has 0 aliphatic carbocycles. The second-order valence-electron chi connectivity index (χ2n) is 7.55. The first-order valence-corrected chi connectivity index (χ1v) is 12.0. The van der Waals surface area contributed by atoms with Gasteiger partial charge in [-0.3, -0.25) is 20.4 Å². The SMILES string of the molecule is O=C(CC1CCS(=O)(=O)C1)NNC(=O)c1cc(-c2ccc(Cl)cc2)nc2ccccc12. The van der Waals surface area contributed by atoms with E-state index in [4.69, 9.17) is 11.6 Å². The molecule has 3 aromatic rings. The second kappa shape index (κ2) is 8.64. The van der Waals surface area contributed by atoms with E-state index in [-0.39, 0.29) is 23.8 Å². The van der Waals surface area contributed by atoms with Gasteiger partial charge in [0.15, 0.2) is 9.84 Å². The van der Waals surface area contributed by atoms with E-state index in [1.54, 1.807) is 24.3 Å². The summed E-state index contributed by atoms with van der Waals surface area (Å²) < 4.78 is 23.1. The Morgan fingerprint density at radius 1 is 1.06 bits per heavy atom. The lowest BCUT2D eigenvalue weighted by Crippen LogP contribution is -2.42. The first-order valence-electron chi connectivity index (χ1n) is 9.76. The topological polar surface area (TPSA) is 105 Å². The van der Waals surface area contributed by atoms with Crippen LogP contribution >= 0.6 is 11.6 Å². The summed E-state index contributed by atoms with van der Waals surface area (Å²) in [6.45, 7) is 0. The average molecular weight is 458 g/mol. The minimum absolute atomic E-state index is 0.00775. The molecule has 1 aromatic heterocycles. The Kier molecular flexibility index (Phi) is 5.93. The molecule has 0 spiro atoms. The minimum atomic E-state index is -3.06. The third kappa shape index (κ3) is 5.03. The molecule has 1 fully saturated rings. The number of carbonyl (C=O) groups excluding carboxylic acids is 2.